The summed E-state index contributed by atoms with van der Waals surface area (Å²) in [6, 6.07) is 45.9. The minimum absolute atomic E-state index is 0.0219. The lowest BCUT2D eigenvalue weighted by Crippen LogP contribution is -2.14. The molecule has 508 valence electrons. The van der Waals surface area contributed by atoms with Gasteiger partial charge in [-0.3, -0.25) is 33.6 Å². The Labute approximate surface area is 565 Å². The van der Waals surface area contributed by atoms with Crippen LogP contribution in [0.3, 0.4) is 0 Å². The van der Waals surface area contributed by atoms with Gasteiger partial charge in [0.05, 0.1) is 19.8 Å². The fourth-order valence-corrected chi connectivity index (χ4v) is 8.72. The highest BCUT2D eigenvalue weighted by Gasteiger charge is 2.15. The number of hydrogen-bond donors (Lipinski definition) is 1. The third-order valence-corrected chi connectivity index (χ3v) is 13.3. The molecule has 0 unspecified atom stereocenters. The van der Waals surface area contributed by atoms with Crippen LogP contribution in [0.1, 0.15) is 215 Å². The van der Waals surface area contributed by atoms with Gasteiger partial charge in [0.1, 0.15) is 17.3 Å². The van der Waals surface area contributed by atoms with E-state index in [0.717, 1.165) is 51.3 Å². The summed E-state index contributed by atoms with van der Waals surface area (Å²) in [5.74, 6) is 3.67. The van der Waals surface area contributed by atoms with Crippen molar-refractivity contribution < 1.29 is 51.8 Å². The van der Waals surface area contributed by atoms with Crippen molar-refractivity contribution >= 4 is 58.0 Å². The number of halogens is 3. The van der Waals surface area contributed by atoms with Crippen molar-refractivity contribution in [1.82, 2.24) is 4.98 Å². The molecule has 0 saturated carbocycles. The number of nitrogens with one attached hydrogen (secondary N) is 1. The summed E-state index contributed by atoms with van der Waals surface area (Å²) in [4.78, 5) is 84.9. The van der Waals surface area contributed by atoms with Crippen molar-refractivity contribution in [2.75, 3.05) is 19.5 Å². The molecular formula is C80H103ClF2N2O9. The quantitative estimate of drug-likeness (QED) is 0.0610. The number of aryl methyl sites for hydroxylation is 2. The third-order valence-electron chi connectivity index (χ3n) is 13.1. The van der Waals surface area contributed by atoms with Crippen molar-refractivity contribution in [3.63, 3.8) is 0 Å². The van der Waals surface area contributed by atoms with E-state index in [4.69, 9.17) is 21.1 Å². The number of pyridine rings is 1. The first-order chi connectivity index (χ1) is 44.3. The Morgan fingerprint density at radius 2 is 0.819 bits per heavy atom. The van der Waals surface area contributed by atoms with Crippen LogP contribution in [0.25, 0.3) is 0 Å². The molecule has 0 aliphatic heterocycles. The Morgan fingerprint density at radius 1 is 0.404 bits per heavy atom. The lowest BCUT2D eigenvalue weighted by atomic mass is 9.98. The van der Waals surface area contributed by atoms with Crippen molar-refractivity contribution in [2.24, 2.45) is 41.4 Å². The van der Waals surface area contributed by atoms with Crippen molar-refractivity contribution in [2.45, 2.75) is 156 Å². The van der Waals surface area contributed by atoms with Crippen LogP contribution in [0.15, 0.2) is 164 Å². The maximum absolute atomic E-state index is 12.7. The van der Waals surface area contributed by atoms with Crippen LogP contribution in [0.2, 0.25) is 5.02 Å². The second-order valence-corrected chi connectivity index (χ2v) is 26.2. The van der Waals surface area contributed by atoms with Crippen molar-refractivity contribution in [3.05, 3.63) is 225 Å². The van der Waals surface area contributed by atoms with E-state index in [9.17, 15) is 42.3 Å². The second-order valence-electron chi connectivity index (χ2n) is 25.7. The second kappa shape index (κ2) is 45.9. The molecule has 14 heteroatoms. The van der Waals surface area contributed by atoms with E-state index in [-0.39, 0.29) is 52.1 Å². The third kappa shape index (κ3) is 36.8. The van der Waals surface area contributed by atoms with Crippen LogP contribution in [0.5, 0.6) is 11.5 Å². The molecule has 1 heterocycles. The number of carbonyl (C=O) groups is 7. The molecule has 0 atom stereocenters. The first kappa shape index (κ1) is 83.7. The summed E-state index contributed by atoms with van der Waals surface area (Å²) in [5, 5.41) is 3.39. The van der Waals surface area contributed by atoms with E-state index in [0.29, 0.717) is 103 Å². The van der Waals surface area contributed by atoms with Crippen LogP contribution >= 0.6 is 11.6 Å². The van der Waals surface area contributed by atoms with Crippen LogP contribution in [0.4, 0.5) is 14.6 Å². The van der Waals surface area contributed by atoms with E-state index in [1.54, 1.807) is 56.8 Å². The van der Waals surface area contributed by atoms with E-state index in [1.807, 2.05) is 186 Å². The summed E-state index contributed by atoms with van der Waals surface area (Å²) >= 11 is 5.71. The molecule has 0 bridgehead atoms. The van der Waals surface area contributed by atoms with Gasteiger partial charge in [-0.2, -0.15) is 0 Å². The molecule has 0 radical (unpaired) electrons. The highest BCUT2D eigenvalue weighted by atomic mass is 35.5. The number of amides is 1. The molecule has 1 N–H and O–H groups in total. The van der Waals surface area contributed by atoms with E-state index in [1.165, 1.54) is 6.07 Å². The maximum Gasteiger partial charge on any atom is 0.225 e. The van der Waals surface area contributed by atoms with Crippen LogP contribution in [0, 0.1) is 66.9 Å². The number of hydrogen-bond acceptors (Lipinski definition) is 10. The Hall–Kier alpha value is -8.29. The Balaban J connectivity index is 0.000000548. The summed E-state index contributed by atoms with van der Waals surface area (Å²) < 4.78 is 35.5. The number of Topliss-reactive ketones (excluding diaryl/α,β-unsaturated/α-hetero) is 6. The van der Waals surface area contributed by atoms with E-state index in [2.05, 4.69) is 38.0 Å². The molecular weight excluding hydrogens is 1210 g/mol. The number of benzene rings is 6. The number of anilines is 1. The number of nitrogens with zero attached hydrogens (tertiary/aromatic N) is 1. The van der Waals surface area contributed by atoms with E-state index >= 15 is 0 Å². The van der Waals surface area contributed by atoms with Gasteiger partial charge in [0.15, 0.2) is 46.3 Å². The average molecular weight is 1310 g/mol. The fourth-order valence-electron chi connectivity index (χ4n) is 8.60. The zero-order chi connectivity index (χ0) is 71.0. The van der Waals surface area contributed by atoms with Gasteiger partial charge in [-0.25, -0.2) is 13.8 Å². The molecule has 0 saturated heterocycles. The topological polar surface area (TPSA) is 163 Å². The van der Waals surface area contributed by atoms with Gasteiger partial charge >= 0.3 is 0 Å². The maximum atomic E-state index is 12.7. The molecule has 0 fully saturated rings. The molecule has 6 aromatic carbocycles. The summed E-state index contributed by atoms with van der Waals surface area (Å²) in [7, 11) is 3.19. The predicted octanol–water partition coefficient (Wildman–Crippen LogP) is 21.1. The van der Waals surface area contributed by atoms with Crippen LogP contribution < -0.4 is 14.8 Å². The number of ether oxygens (including phenoxy) is 2. The highest BCUT2D eigenvalue weighted by Crippen LogP contribution is 2.22. The number of rotatable bonds is 23. The number of ketones is 6. The van der Waals surface area contributed by atoms with E-state index < -0.39 is 11.6 Å². The minimum Gasteiger partial charge on any atom is -0.497 e. The molecule has 1 aromatic heterocycles. The molecule has 0 spiro atoms. The van der Waals surface area contributed by atoms with Gasteiger partial charge in [-0.1, -0.05) is 187 Å². The van der Waals surface area contributed by atoms with Crippen molar-refractivity contribution in [1.29, 1.82) is 0 Å². The van der Waals surface area contributed by atoms with Gasteiger partial charge in [-0.15, -0.1) is 0 Å². The van der Waals surface area contributed by atoms with Crippen LogP contribution in [-0.4, -0.2) is 59.8 Å². The molecule has 7 aromatic rings. The Morgan fingerprint density at radius 3 is 1.27 bits per heavy atom. The zero-order valence-corrected chi connectivity index (χ0v) is 59.6. The zero-order valence-electron chi connectivity index (χ0n) is 58.8. The molecule has 11 nitrogen and oxygen atoms in total. The molecule has 94 heavy (non-hydrogen) atoms. The number of methoxy groups -OCH3 is 2. The first-order valence-corrected chi connectivity index (χ1v) is 32.6. The molecule has 1 amide bonds. The van der Waals surface area contributed by atoms with Gasteiger partial charge in [0, 0.05) is 84.0 Å². The van der Waals surface area contributed by atoms with Crippen molar-refractivity contribution in [3.8, 4) is 11.5 Å². The Bertz CT molecular complexity index is 3410. The fraction of sp³-hybridized carbons (Fsp3) is 0.400. The summed E-state index contributed by atoms with van der Waals surface area (Å²) in [6.07, 6.45) is 5.59. The highest BCUT2D eigenvalue weighted by molar-refractivity contribution is 6.30. The average Bonchev–Trinajstić information content (AvgIpc) is 1.11. The first-order valence-electron chi connectivity index (χ1n) is 32.3. The standard InChI is InChI=1S/2C12H16O2.2C12H16O.C11H13ClO.C11H12F2O.C10H14N2O/c1-9(2)7-12(13)10-5-4-6-11(8-10)14-3;1-9(2)8-11(13)10-6-4-5-7-12(10)14-3;1-9(2)7-12(13)11-6-4-5-10(3)8-11;1-9(2)8-12(13)11-7-5-4-6-10(11)3;1-8(2)7-11(13)9-3-5-10(12)6-4-9;1-7(2)5-11(14)8-3-4-9(12)10(13)6-8;1-8(2)7-10(13)12-9-5-3-4-6-11-9/h4-6,8-9H,7H2,1-3H3;4-7,9H,8H2,1-3H3;4-6,8-9H,7H2,1-3H3;4-7,9H,8H2,1-3H3;3-6,8H,7H2,1-2H3;3-4,6-7H,5H2,1-2H3;3-6,8H,7H2,1-2H3,(H,11,12,13). The normalized spacial score (nSPS) is 10.4. The van der Waals surface area contributed by atoms with Gasteiger partial charge in [0.2, 0.25) is 5.91 Å². The largest absolute Gasteiger partial charge is 0.497 e. The lowest BCUT2D eigenvalue weighted by molar-refractivity contribution is -0.116. The molecule has 7 rings (SSSR count). The number of carbonyl (C=O) groups excluding carboxylic acids is 7. The summed E-state index contributed by atoms with van der Waals surface area (Å²) in [6.45, 7) is 32.3. The number of para-hydroxylation sites is 1. The predicted molar refractivity (Wildman–Crippen MR) is 381 cm³/mol. The minimum atomic E-state index is -0.973. The summed E-state index contributed by atoms with van der Waals surface area (Å²) in [5.41, 5.74) is 6.34. The SMILES string of the molecule is CC(C)CC(=O)Nc1ccccn1.CC(C)CC(=O)c1ccc(Cl)cc1.CC(C)CC(=O)c1ccc(F)c(F)c1.COc1cccc(C(=O)CC(C)C)c1.COc1ccccc1C(=O)CC(C)C.Cc1cccc(C(=O)CC(C)C)c1.Cc1ccccc1C(=O)CC(C)C. The Kier molecular flexibility index (Phi) is 40.9. The van der Waals surface area contributed by atoms with Gasteiger partial charge < -0.3 is 14.8 Å². The molecule has 0 aliphatic rings. The van der Waals surface area contributed by atoms with Gasteiger partial charge in [0.25, 0.3) is 0 Å². The lowest BCUT2D eigenvalue weighted by Gasteiger charge is -2.08. The van der Waals surface area contributed by atoms with Crippen LogP contribution in [-0.2, 0) is 4.79 Å². The monoisotopic (exact) mass is 1310 g/mol. The molecule has 0 aliphatic carbocycles. The smallest absolute Gasteiger partial charge is 0.225 e. The van der Waals surface area contributed by atoms with Gasteiger partial charge in [-0.05, 0) is 146 Å². The number of aromatic nitrogens is 1.